The molecule has 5 heteroatoms. The highest BCUT2D eigenvalue weighted by atomic mass is 32.2. The SMILES string of the molecule is CC1C(=O)NC(C2CC2)C(=O)N1C1CCSCC1. The molecule has 2 heterocycles. The Labute approximate surface area is 112 Å². The van der Waals surface area contributed by atoms with Gasteiger partial charge in [0, 0.05) is 6.04 Å². The molecule has 100 valence electrons. The Balaban J connectivity index is 1.79. The highest BCUT2D eigenvalue weighted by Crippen LogP contribution is 2.36. The predicted octanol–water partition coefficient (Wildman–Crippen LogP) is 1.01. The predicted molar refractivity (Wildman–Crippen MR) is 71.3 cm³/mol. The first kappa shape index (κ1) is 12.3. The van der Waals surface area contributed by atoms with E-state index in [9.17, 15) is 9.59 Å². The molecule has 3 rings (SSSR count). The third-order valence-corrected chi connectivity index (χ3v) is 5.34. The van der Waals surface area contributed by atoms with Crippen LogP contribution in [0.2, 0.25) is 0 Å². The minimum absolute atomic E-state index is 0.0322. The molecule has 2 aliphatic heterocycles. The monoisotopic (exact) mass is 268 g/mol. The maximum absolute atomic E-state index is 12.6. The maximum atomic E-state index is 12.6. The fourth-order valence-corrected chi connectivity index (χ4v) is 4.10. The quantitative estimate of drug-likeness (QED) is 0.813. The van der Waals surface area contributed by atoms with Gasteiger partial charge in [-0.3, -0.25) is 9.59 Å². The maximum Gasteiger partial charge on any atom is 0.246 e. The van der Waals surface area contributed by atoms with E-state index in [0.717, 1.165) is 37.2 Å². The summed E-state index contributed by atoms with van der Waals surface area (Å²) in [5.41, 5.74) is 0. The number of nitrogens with one attached hydrogen (secondary N) is 1. The zero-order valence-corrected chi connectivity index (χ0v) is 11.5. The second-order valence-corrected chi connectivity index (χ2v) is 6.81. The van der Waals surface area contributed by atoms with Crippen molar-refractivity contribution in [1.82, 2.24) is 10.2 Å². The summed E-state index contributed by atoms with van der Waals surface area (Å²) in [6, 6.07) is -0.245. The van der Waals surface area contributed by atoms with Crippen molar-refractivity contribution in [2.24, 2.45) is 5.92 Å². The number of nitrogens with zero attached hydrogens (tertiary/aromatic N) is 1. The van der Waals surface area contributed by atoms with Gasteiger partial charge in [-0.25, -0.2) is 0 Å². The number of amides is 2. The number of thioether (sulfide) groups is 1. The van der Waals surface area contributed by atoms with Crippen LogP contribution in [0.25, 0.3) is 0 Å². The summed E-state index contributed by atoms with van der Waals surface area (Å²) < 4.78 is 0. The van der Waals surface area contributed by atoms with Crippen molar-refractivity contribution in [2.75, 3.05) is 11.5 Å². The molecular formula is C13H20N2O2S. The van der Waals surface area contributed by atoms with E-state index in [0.29, 0.717) is 5.92 Å². The van der Waals surface area contributed by atoms with Crippen molar-refractivity contribution in [3.8, 4) is 0 Å². The molecule has 1 N–H and O–H groups in total. The second kappa shape index (κ2) is 4.76. The molecule has 1 saturated carbocycles. The van der Waals surface area contributed by atoms with Gasteiger partial charge < -0.3 is 10.2 Å². The topological polar surface area (TPSA) is 49.4 Å². The average Bonchev–Trinajstić information content (AvgIpc) is 3.20. The minimum atomic E-state index is -0.291. The molecule has 0 aromatic heterocycles. The molecule has 0 radical (unpaired) electrons. The van der Waals surface area contributed by atoms with Gasteiger partial charge in [-0.1, -0.05) is 0 Å². The average molecular weight is 268 g/mol. The summed E-state index contributed by atoms with van der Waals surface area (Å²) in [5, 5.41) is 2.91. The molecule has 2 amide bonds. The summed E-state index contributed by atoms with van der Waals surface area (Å²) in [4.78, 5) is 26.5. The number of hydrogen-bond acceptors (Lipinski definition) is 3. The van der Waals surface area contributed by atoms with Gasteiger partial charge in [0.05, 0.1) is 0 Å². The molecule has 2 saturated heterocycles. The van der Waals surface area contributed by atoms with E-state index in [1.807, 2.05) is 23.6 Å². The van der Waals surface area contributed by atoms with Crippen LogP contribution < -0.4 is 5.32 Å². The number of rotatable bonds is 2. The third kappa shape index (κ3) is 2.13. The molecular weight excluding hydrogens is 248 g/mol. The minimum Gasteiger partial charge on any atom is -0.342 e. The molecule has 0 spiro atoms. The molecule has 3 aliphatic rings. The smallest absolute Gasteiger partial charge is 0.246 e. The van der Waals surface area contributed by atoms with Crippen LogP contribution in [0.5, 0.6) is 0 Å². The number of hydrogen-bond donors (Lipinski definition) is 1. The number of carbonyl (C=O) groups is 2. The van der Waals surface area contributed by atoms with Gasteiger partial charge in [0.2, 0.25) is 11.8 Å². The van der Waals surface area contributed by atoms with E-state index >= 15 is 0 Å². The Morgan fingerprint density at radius 1 is 1.17 bits per heavy atom. The fraction of sp³-hybridized carbons (Fsp3) is 0.846. The summed E-state index contributed by atoms with van der Waals surface area (Å²) >= 11 is 1.95. The molecule has 0 aromatic rings. The summed E-state index contributed by atoms with van der Waals surface area (Å²) in [6.45, 7) is 1.86. The lowest BCUT2D eigenvalue weighted by Crippen LogP contribution is -2.65. The highest BCUT2D eigenvalue weighted by molar-refractivity contribution is 7.99. The van der Waals surface area contributed by atoms with Gasteiger partial charge >= 0.3 is 0 Å². The van der Waals surface area contributed by atoms with Gasteiger partial charge in [0.25, 0.3) is 0 Å². The lowest BCUT2D eigenvalue weighted by atomic mass is 9.99. The van der Waals surface area contributed by atoms with Gasteiger partial charge in [0.15, 0.2) is 0 Å². The van der Waals surface area contributed by atoms with Gasteiger partial charge in [-0.15, -0.1) is 0 Å². The van der Waals surface area contributed by atoms with E-state index in [-0.39, 0.29) is 29.9 Å². The van der Waals surface area contributed by atoms with Crippen LogP contribution in [0.15, 0.2) is 0 Å². The Hall–Kier alpha value is -0.710. The van der Waals surface area contributed by atoms with Gasteiger partial charge in [-0.2, -0.15) is 11.8 Å². The van der Waals surface area contributed by atoms with E-state index in [1.165, 1.54) is 0 Å². The first-order valence-electron chi connectivity index (χ1n) is 6.89. The zero-order valence-electron chi connectivity index (χ0n) is 10.7. The molecule has 0 aromatic carbocycles. The van der Waals surface area contributed by atoms with Crippen LogP contribution in [-0.2, 0) is 9.59 Å². The van der Waals surface area contributed by atoms with Crippen molar-refractivity contribution in [2.45, 2.75) is 50.7 Å². The highest BCUT2D eigenvalue weighted by Gasteiger charge is 2.47. The van der Waals surface area contributed by atoms with Crippen molar-refractivity contribution >= 4 is 23.6 Å². The summed E-state index contributed by atoms with van der Waals surface area (Å²) in [6.07, 6.45) is 4.23. The van der Waals surface area contributed by atoms with E-state index < -0.39 is 0 Å². The second-order valence-electron chi connectivity index (χ2n) is 5.59. The van der Waals surface area contributed by atoms with Crippen LogP contribution in [0.4, 0.5) is 0 Å². The lowest BCUT2D eigenvalue weighted by molar-refractivity contribution is -0.152. The van der Waals surface area contributed by atoms with Gasteiger partial charge in [0.1, 0.15) is 12.1 Å². The first-order valence-corrected chi connectivity index (χ1v) is 8.04. The van der Waals surface area contributed by atoms with Crippen LogP contribution in [-0.4, -0.2) is 46.3 Å². The summed E-state index contributed by atoms with van der Waals surface area (Å²) in [5.74, 6) is 2.81. The molecule has 18 heavy (non-hydrogen) atoms. The van der Waals surface area contributed by atoms with Crippen molar-refractivity contribution in [3.05, 3.63) is 0 Å². The van der Waals surface area contributed by atoms with Crippen LogP contribution in [0, 0.1) is 5.92 Å². The Morgan fingerprint density at radius 2 is 1.83 bits per heavy atom. The number of carbonyl (C=O) groups excluding carboxylic acids is 2. The fourth-order valence-electron chi connectivity index (χ4n) is 3.02. The molecule has 0 bridgehead atoms. The molecule has 1 aliphatic carbocycles. The Morgan fingerprint density at radius 3 is 2.44 bits per heavy atom. The van der Waals surface area contributed by atoms with Gasteiger partial charge in [-0.05, 0) is 50.0 Å². The Bertz CT molecular complexity index is 364. The zero-order chi connectivity index (χ0) is 12.7. The van der Waals surface area contributed by atoms with Crippen LogP contribution >= 0.6 is 11.8 Å². The normalized spacial score (nSPS) is 34.6. The van der Waals surface area contributed by atoms with E-state index in [1.54, 1.807) is 0 Å². The molecule has 2 atom stereocenters. The summed E-state index contributed by atoms with van der Waals surface area (Å²) in [7, 11) is 0. The van der Waals surface area contributed by atoms with Crippen LogP contribution in [0.3, 0.4) is 0 Å². The lowest BCUT2D eigenvalue weighted by Gasteiger charge is -2.43. The molecule has 2 unspecified atom stereocenters. The van der Waals surface area contributed by atoms with Crippen molar-refractivity contribution < 1.29 is 9.59 Å². The van der Waals surface area contributed by atoms with Crippen molar-refractivity contribution in [3.63, 3.8) is 0 Å². The first-order chi connectivity index (χ1) is 8.68. The molecule has 4 nitrogen and oxygen atoms in total. The van der Waals surface area contributed by atoms with Crippen LogP contribution in [0.1, 0.15) is 32.6 Å². The largest absolute Gasteiger partial charge is 0.342 e. The number of piperazine rings is 1. The van der Waals surface area contributed by atoms with E-state index in [2.05, 4.69) is 5.32 Å². The standard InChI is InChI=1S/C13H20N2O2S/c1-8-12(16)14-11(9-2-3-9)13(17)15(8)10-4-6-18-7-5-10/h8-11H,2-7H2,1H3,(H,14,16). The Kier molecular flexibility index (Phi) is 3.26. The molecule has 3 fully saturated rings. The van der Waals surface area contributed by atoms with Crippen molar-refractivity contribution in [1.29, 1.82) is 0 Å². The van der Waals surface area contributed by atoms with E-state index in [4.69, 9.17) is 0 Å². The third-order valence-electron chi connectivity index (χ3n) is 4.29.